The van der Waals surface area contributed by atoms with Gasteiger partial charge in [0.05, 0.1) is 5.69 Å². The minimum absolute atomic E-state index is 0.0287. The van der Waals surface area contributed by atoms with Crippen molar-refractivity contribution in [3.8, 4) is 5.75 Å². The van der Waals surface area contributed by atoms with E-state index in [4.69, 9.17) is 9.47 Å². The molecule has 0 saturated carbocycles. The first-order valence-corrected chi connectivity index (χ1v) is 9.66. The van der Waals surface area contributed by atoms with Gasteiger partial charge in [0.1, 0.15) is 11.4 Å². The largest absolute Gasteiger partial charge is 0.479 e. The maximum absolute atomic E-state index is 12.4. The summed E-state index contributed by atoms with van der Waals surface area (Å²) in [4.78, 5) is 14.2. The van der Waals surface area contributed by atoms with Crippen molar-refractivity contribution in [3.05, 3.63) is 23.8 Å². The highest BCUT2D eigenvalue weighted by Crippen LogP contribution is 2.32. The van der Waals surface area contributed by atoms with E-state index in [2.05, 4.69) is 22.9 Å². The van der Waals surface area contributed by atoms with E-state index in [-0.39, 0.29) is 11.1 Å². The van der Waals surface area contributed by atoms with E-state index in [0.717, 1.165) is 49.1 Å². The number of aryl methyl sites for hydroxylation is 1. The van der Waals surface area contributed by atoms with Crippen molar-refractivity contribution in [1.29, 1.82) is 0 Å². The second kappa shape index (κ2) is 8.24. The molecule has 0 bridgehead atoms. The highest BCUT2D eigenvalue weighted by molar-refractivity contribution is 9.09. The van der Waals surface area contributed by atoms with Crippen LogP contribution in [-0.2, 0) is 11.2 Å². The molecule has 0 aliphatic carbocycles. The topological polar surface area (TPSA) is 38.8 Å². The Labute approximate surface area is 153 Å². The van der Waals surface area contributed by atoms with E-state index in [1.54, 1.807) is 4.90 Å². The van der Waals surface area contributed by atoms with Crippen LogP contribution in [0.15, 0.2) is 18.2 Å². The molecule has 1 amide bonds. The number of alkyl halides is 1. The Hall–Kier alpha value is -1.23. The number of ether oxygens (including phenoxy) is 2. The summed E-state index contributed by atoms with van der Waals surface area (Å²) in [5, 5.41) is 0.0287. The molecule has 0 radical (unpaired) electrons. The van der Waals surface area contributed by atoms with Crippen molar-refractivity contribution < 1.29 is 14.3 Å². The molecule has 1 heterocycles. The fourth-order valence-electron chi connectivity index (χ4n) is 2.72. The molecule has 0 N–H and O–H groups in total. The molecular formula is C19H28BrNO3. The first kappa shape index (κ1) is 19.1. The Kier molecular flexibility index (Phi) is 6.55. The van der Waals surface area contributed by atoms with Gasteiger partial charge in [-0.15, -0.1) is 0 Å². The quantitative estimate of drug-likeness (QED) is 0.601. The third-order valence-electron chi connectivity index (χ3n) is 3.83. The van der Waals surface area contributed by atoms with Gasteiger partial charge in [0.2, 0.25) is 0 Å². The number of halogens is 1. The standard InChI is InChI=1S/C19H28BrNO3/c1-5-6-9-17(20)23-15-10-11-16-14(13-15)8-7-12-21(16)18(22)24-19(2,3)4/h10-11,13,17H,5-9,12H2,1-4H3. The maximum atomic E-state index is 12.4. The minimum atomic E-state index is -0.486. The average Bonchev–Trinajstić information content (AvgIpc) is 2.50. The van der Waals surface area contributed by atoms with Crippen LogP contribution >= 0.6 is 15.9 Å². The third kappa shape index (κ3) is 5.40. The van der Waals surface area contributed by atoms with Crippen LogP contribution in [0, 0.1) is 0 Å². The normalized spacial score (nSPS) is 15.6. The fraction of sp³-hybridized carbons (Fsp3) is 0.632. The van der Waals surface area contributed by atoms with Crippen molar-refractivity contribution in [3.63, 3.8) is 0 Å². The summed E-state index contributed by atoms with van der Waals surface area (Å²) in [5.74, 6) is 0.845. The molecule has 1 aliphatic rings. The first-order valence-electron chi connectivity index (χ1n) is 8.74. The van der Waals surface area contributed by atoms with Crippen LogP contribution in [0.4, 0.5) is 10.5 Å². The highest BCUT2D eigenvalue weighted by atomic mass is 79.9. The van der Waals surface area contributed by atoms with Gasteiger partial charge in [-0.2, -0.15) is 0 Å². The molecule has 134 valence electrons. The number of hydrogen-bond acceptors (Lipinski definition) is 3. The number of carbonyl (C=O) groups is 1. The van der Waals surface area contributed by atoms with Gasteiger partial charge in [-0.05, 0) is 86.1 Å². The number of nitrogens with zero attached hydrogens (tertiary/aromatic N) is 1. The van der Waals surface area contributed by atoms with Crippen LogP contribution in [0.1, 0.15) is 58.9 Å². The van der Waals surface area contributed by atoms with Gasteiger partial charge in [-0.3, -0.25) is 4.90 Å². The van der Waals surface area contributed by atoms with Crippen LogP contribution in [-0.4, -0.2) is 23.3 Å². The van der Waals surface area contributed by atoms with Crippen molar-refractivity contribution in [2.24, 2.45) is 0 Å². The number of fused-ring (bicyclic) bond motifs is 1. The molecule has 1 aliphatic heterocycles. The zero-order valence-electron chi connectivity index (χ0n) is 15.1. The van der Waals surface area contributed by atoms with E-state index in [1.165, 1.54) is 0 Å². The first-order chi connectivity index (χ1) is 11.3. The Morgan fingerprint density at radius 3 is 2.79 bits per heavy atom. The van der Waals surface area contributed by atoms with Gasteiger partial charge in [0.25, 0.3) is 0 Å². The SMILES string of the molecule is CCCCC(Br)Oc1ccc2c(c1)CCCN2C(=O)OC(C)(C)C. The van der Waals surface area contributed by atoms with E-state index >= 15 is 0 Å². The third-order valence-corrected chi connectivity index (χ3v) is 4.48. The smallest absolute Gasteiger partial charge is 0.414 e. The maximum Gasteiger partial charge on any atom is 0.414 e. The summed E-state index contributed by atoms with van der Waals surface area (Å²) in [5.41, 5.74) is 1.59. The number of benzene rings is 1. The van der Waals surface area contributed by atoms with Crippen molar-refractivity contribution >= 4 is 27.7 Å². The monoisotopic (exact) mass is 397 g/mol. The number of rotatable bonds is 5. The van der Waals surface area contributed by atoms with Gasteiger partial charge >= 0.3 is 6.09 Å². The van der Waals surface area contributed by atoms with Crippen LogP contribution in [0.5, 0.6) is 5.75 Å². The predicted molar refractivity (Wildman–Crippen MR) is 101 cm³/mol. The summed E-state index contributed by atoms with van der Waals surface area (Å²) in [7, 11) is 0. The Bertz CT molecular complexity index is 568. The average molecular weight is 398 g/mol. The van der Waals surface area contributed by atoms with Crippen LogP contribution in [0.25, 0.3) is 0 Å². The Morgan fingerprint density at radius 2 is 2.12 bits per heavy atom. The molecule has 1 atom stereocenters. The summed E-state index contributed by atoms with van der Waals surface area (Å²) in [6.07, 6.45) is 4.88. The summed E-state index contributed by atoms with van der Waals surface area (Å²) >= 11 is 3.57. The number of amides is 1. The van der Waals surface area contributed by atoms with Crippen molar-refractivity contribution in [1.82, 2.24) is 0 Å². The fourth-order valence-corrected chi connectivity index (χ4v) is 3.26. The molecule has 0 fully saturated rings. The molecule has 24 heavy (non-hydrogen) atoms. The lowest BCUT2D eigenvalue weighted by Gasteiger charge is -2.32. The molecule has 2 rings (SSSR count). The van der Waals surface area contributed by atoms with E-state index < -0.39 is 5.60 Å². The van der Waals surface area contributed by atoms with Crippen molar-refractivity contribution in [2.45, 2.75) is 70.4 Å². The molecule has 4 nitrogen and oxygen atoms in total. The lowest BCUT2D eigenvalue weighted by molar-refractivity contribution is 0.0577. The Balaban J connectivity index is 2.10. The zero-order valence-corrected chi connectivity index (χ0v) is 16.7. The second-order valence-electron chi connectivity index (χ2n) is 7.20. The van der Waals surface area contributed by atoms with Gasteiger partial charge < -0.3 is 9.47 Å². The Morgan fingerprint density at radius 1 is 1.38 bits per heavy atom. The summed E-state index contributed by atoms with van der Waals surface area (Å²) in [6, 6.07) is 5.95. The molecule has 1 aromatic rings. The van der Waals surface area contributed by atoms with E-state index in [9.17, 15) is 4.79 Å². The minimum Gasteiger partial charge on any atom is -0.479 e. The van der Waals surface area contributed by atoms with Gasteiger partial charge in [0, 0.05) is 6.54 Å². The van der Waals surface area contributed by atoms with Gasteiger partial charge in [0.15, 0.2) is 5.01 Å². The lowest BCUT2D eigenvalue weighted by atomic mass is 10.0. The second-order valence-corrected chi connectivity index (χ2v) is 8.22. The van der Waals surface area contributed by atoms with E-state index in [0.29, 0.717) is 6.54 Å². The molecule has 0 aromatic heterocycles. The number of carbonyl (C=O) groups excluding carboxylic acids is 1. The molecule has 1 unspecified atom stereocenters. The van der Waals surface area contributed by atoms with E-state index in [1.807, 2.05) is 39.0 Å². The molecular weight excluding hydrogens is 370 g/mol. The van der Waals surface area contributed by atoms with Gasteiger partial charge in [-0.25, -0.2) is 4.79 Å². The molecule has 0 spiro atoms. The highest BCUT2D eigenvalue weighted by Gasteiger charge is 2.27. The van der Waals surface area contributed by atoms with Crippen LogP contribution in [0.2, 0.25) is 0 Å². The summed E-state index contributed by atoms with van der Waals surface area (Å²) in [6.45, 7) is 8.53. The van der Waals surface area contributed by atoms with Gasteiger partial charge in [-0.1, -0.05) is 13.3 Å². The lowest BCUT2D eigenvalue weighted by Crippen LogP contribution is -2.39. The van der Waals surface area contributed by atoms with Crippen LogP contribution < -0.4 is 9.64 Å². The number of hydrogen-bond donors (Lipinski definition) is 0. The molecule has 5 heteroatoms. The van der Waals surface area contributed by atoms with Crippen LogP contribution in [0.3, 0.4) is 0 Å². The number of unbranched alkanes of at least 4 members (excludes halogenated alkanes) is 1. The zero-order chi connectivity index (χ0) is 17.7. The number of anilines is 1. The molecule has 0 saturated heterocycles. The summed E-state index contributed by atoms with van der Waals surface area (Å²) < 4.78 is 11.5. The van der Waals surface area contributed by atoms with Crippen molar-refractivity contribution in [2.75, 3.05) is 11.4 Å². The molecule has 1 aromatic carbocycles. The predicted octanol–water partition coefficient (Wildman–Crippen LogP) is 5.66.